The first-order chi connectivity index (χ1) is 12.2. The summed E-state index contributed by atoms with van der Waals surface area (Å²) < 4.78 is 6.00. The standard InChI is InChI=1S/C21H22N2O2/c1-2-25-21(13-6-4-3-5-7-13)14-8-9-16-17(10-14)20(24)18-11-15(12-22)19(16)23-18/h3-8,10,15-16,18-19,21,23H,2,9,11H2,1H3. The molecule has 5 atom stereocenters. The van der Waals surface area contributed by atoms with Crippen LogP contribution in [-0.2, 0) is 9.53 Å². The maximum absolute atomic E-state index is 12.8. The van der Waals surface area contributed by atoms with Crippen LogP contribution in [0.4, 0.5) is 0 Å². The van der Waals surface area contributed by atoms with Crippen molar-refractivity contribution in [3.05, 3.63) is 59.2 Å². The Bertz CT molecular complexity index is 775. The van der Waals surface area contributed by atoms with Gasteiger partial charge < -0.3 is 10.1 Å². The van der Waals surface area contributed by atoms with Gasteiger partial charge in [0.2, 0.25) is 0 Å². The lowest BCUT2D eigenvalue weighted by molar-refractivity contribution is -0.118. The fourth-order valence-corrected chi connectivity index (χ4v) is 4.42. The van der Waals surface area contributed by atoms with E-state index in [9.17, 15) is 10.1 Å². The average molecular weight is 334 g/mol. The van der Waals surface area contributed by atoms with Crippen LogP contribution in [0, 0.1) is 23.2 Å². The van der Waals surface area contributed by atoms with E-state index in [-0.39, 0.29) is 35.8 Å². The molecule has 2 aliphatic heterocycles. The number of fused-ring (bicyclic) bond motifs is 4. The quantitative estimate of drug-likeness (QED) is 0.919. The number of hydrogen-bond acceptors (Lipinski definition) is 4. The third-order valence-electron chi connectivity index (χ3n) is 5.58. The summed E-state index contributed by atoms with van der Waals surface area (Å²) in [4.78, 5) is 12.8. The van der Waals surface area contributed by atoms with E-state index in [0.717, 1.165) is 23.1 Å². The minimum Gasteiger partial charge on any atom is -0.369 e. The van der Waals surface area contributed by atoms with Gasteiger partial charge in [-0.15, -0.1) is 0 Å². The summed E-state index contributed by atoms with van der Waals surface area (Å²) in [7, 11) is 0. The molecule has 1 aliphatic carbocycles. The molecule has 4 nitrogen and oxygen atoms in total. The predicted molar refractivity (Wildman–Crippen MR) is 94.5 cm³/mol. The first-order valence-electron chi connectivity index (χ1n) is 9.01. The molecule has 1 aromatic carbocycles. The second kappa shape index (κ2) is 6.59. The summed E-state index contributed by atoms with van der Waals surface area (Å²) in [5, 5.41) is 12.8. The minimum atomic E-state index is -0.196. The van der Waals surface area contributed by atoms with Gasteiger partial charge in [-0.1, -0.05) is 36.4 Å². The first-order valence-corrected chi connectivity index (χ1v) is 9.01. The lowest BCUT2D eigenvalue weighted by atomic mass is 9.76. The van der Waals surface area contributed by atoms with E-state index in [1.54, 1.807) is 0 Å². The zero-order valence-corrected chi connectivity index (χ0v) is 14.3. The van der Waals surface area contributed by atoms with Crippen LogP contribution in [0.5, 0.6) is 0 Å². The Labute approximate surface area is 148 Å². The van der Waals surface area contributed by atoms with Crippen molar-refractivity contribution in [2.75, 3.05) is 6.61 Å². The van der Waals surface area contributed by atoms with Crippen molar-refractivity contribution < 1.29 is 9.53 Å². The predicted octanol–water partition coefficient (Wildman–Crippen LogP) is 3.09. The molecule has 2 saturated heterocycles. The van der Waals surface area contributed by atoms with Gasteiger partial charge in [0, 0.05) is 24.1 Å². The van der Waals surface area contributed by atoms with Gasteiger partial charge in [-0.2, -0.15) is 5.26 Å². The van der Waals surface area contributed by atoms with Crippen LogP contribution in [0.25, 0.3) is 0 Å². The van der Waals surface area contributed by atoms with Gasteiger partial charge in [-0.05, 0) is 37.0 Å². The van der Waals surface area contributed by atoms with Crippen LogP contribution in [0.3, 0.4) is 0 Å². The number of piperidine rings is 1. The SMILES string of the molecule is CCOC(C1=CCC2C(=C1)C(=O)C1CC(C#N)C2N1)c1ccccc1. The summed E-state index contributed by atoms with van der Waals surface area (Å²) in [6.07, 6.45) is 5.49. The maximum Gasteiger partial charge on any atom is 0.176 e. The third-order valence-corrected chi connectivity index (χ3v) is 5.58. The van der Waals surface area contributed by atoms with Crippen LogP contribution in [0.15, 0.2) is 53.6 Å². The van der Waals surface area contributed by atoms with E-state index in [1.807, 2.05) is 31.2 Å². The molecule has 0 saturated carbocycles. The van der Waals surface area contributed by atoms with Gasteiger partial charge in [-0.25, -0.2) is 0 Å². The highest BCUT2D eigenvalue weighted by Gasteiger charge is 2.49. The Morgan fingerprint density at radius 1 is 1.36 bits per heavy atom. The van der Waals surface area contributed by atoms with E-state index < -0.39 is 0 Å². The molecule has 2 heterocycles. The number of rotatable bonds is 4. The van der Waals surface area contributed by atoms with E-state index in [1.165, 1.54) is 0 Å². The van der Waals surface area contributed by atoms with Crippen LogP contribution in [-0.4, -0.2) is 24.5 Å². The summed E-state index contributed by atoms with van der Waals surface area (Å²) >= 11 is 0. The van der Waals surface area contributed by atoms with Gasteiger partial charge >= 0.3 is 0 Å². The number of ketones is 1. The van der Waals surface area contributed by atoms with Crippen LogP contribution in [0.1, 0.15) is 31.4 Å². The van der Waals surface area contributed by atoms with Gasteiger partial charge in [0.15, 0.2) is 5.78 Å². The van der Waals surface area contributed by atoms with E-state index in [2.05, 4.69) is 29.6 Å². The van der Waals surface area contributed by atoms with Crippen molar-refractivity contribution in [1.29, 1.82) is 5.26 Å². The monoisotopic (exact) mass is 334 g/mol. The molecule has 3 aliphatic rings. The Kier molecular flexibility index (Phi) is 4.29. The van der Waals surface area contributed by atoms with Crippen molar-refractivity contribution in [3.8, 4) is 6.07 Å². The number of ether oxygens (including phenoxy) is 1. The van der Waals surface area contributed by atoms with Crippen LogP contribution < -0.4 is 5.32 Å². The topological polar surface area (TPSA) is 62.1 Å². The second-order valence-corrected chi connectivity index (χ2v) is 6.97. The smallest absolute Gasteiger partial charge is 0.176 e. The minimum absolute atomic E-state index is 0.0726. The lowest BCUT2D eigenvalue weighted by Gasteiger charge is -2.35. The number of nitriles is 1. The van der Waals surface area contributed by atoms with E-state index in [0.29, 0.717) is 13.0 Å². The number of carbonyl (C=O) groups excluding carboxylic acids is 1. The average Bonchev–Trinajstić information content (AvgIpc) is 3.05. The first kappa shape index (κ1) is 16.3. The zero-order chi connectivity index (χ0) is 17.4. The highest BCUT2D eigenvalue weighted by molar-refractivity contribution is 6.02. The van der Waals surface area contributed by atoms with Crippen LogP contribution >= 0.6 is 0 Å². The fraction of sp³-hybridized carbons (Fsp3) is 0.429. The fourth-order valence-electron chi connectivity index (χ4n) is 4.42. The number of hydrogen-bond donors (Lipinski definition) is 1. The molecular weight excluding hydrogens is 312 g/mol. The molecule has 0 aromatic heterocycles. The molecule has 4 heteroatoms. The second-order valence-electron chi connectivity index (χ2n) is 6.97. The molecule has 0 spiro atoms. The molecule has 25 heavy (non-hydrogen) atoms. The molecular formula is C21H22N2O2. The van der Waals surface area contributed by atoms with Gasteiger partial charge in [0.05, 0.1) is 18.0 Å². The Morgan fingerprint density at radius 2 is 2.16 bits per heavy atom. The van der Waals surface area contributed by atoms with Crippen LogP contribution in [0.2, 0.25) is 0 Å². The Morgan fingerprint density at radius 3 is 2.88 bits per heavy atom. The molecule has 0 radical (unpaired) electrons. The number of carbonyl (C=O) groups is 1. The van der Waals surface area contributed by atoms with Crippen molar-refractivity contribution >= 4 is 5.78 Å². The highest BCUT2D eigenvalue weighted by Crippen LogP contribution is 2.43. The molecule has 128 valence electrons. The van der Waals surface area contributed by atoms with Crippen molar-refractivity contribution in [2.45, 2.75) is 38.0 Å². The molecule has 5 unspecified atom stereocenters. The van der Waals surface area contributed by atoms with Gasteiger partial charge in [0.1, 0.15) is 6.10 Å². The largest absolute Gasteiger partial charge is 0.369 e. The van der Waals surface area contributed by atoms with E-state index >= 15 is 0 Å². The van der Waals surface area contributed by atoms with E-state index in [4.69, 9.17) is 4.74 Å². The number of benzene rings is 1. The van der Waals surface area contributed by atoms with Crippen molar-refractivity contribution in [3.63, 3.8) is 0 Å². The van der Waals surface area contributed by atoms with Gasteiger partial charge in [0.25, 0.3) is 0 Å². The third kappa shape index (κ3) is 2.74. The molecule has 1 aromatic rings. The molecule has 4 rings (SSSR count). The number of nitrogens with one attached hydrogen (secondary N) is 1. The number of allylic oxidation sites excluding steroid dienone is 1. The summed E-state index contributed by atoms with van der Waals surface area (Å²) in [6.45, 7) is 2.60. The van der Waals surface area contributed by atoms with Gasteiger partial charge in [-0.3, -0.25) is 4.79 Å². The lowest BCUT2D eigenvalue weighted by Crippen LogP contribution is -2.49. The molecule has 1 N–H and O–H groups in total. The molecule has 2 bridgehead atoms. The molecule has 2 fully saturated rings. The maximum atomic E-state index is 12.8. The normalized spacial score (nSPS) is 31.6. The summed E-state index contributed by atoms with van der Waals surface area (Å²) in [6, 6.07) is 12.4. The zero-order valence-electron chi connectivity index (χ0n) is 14.3. The summed E-state index contributed by atoms with van der Waals surface area (Å²) in [5.74, 6) is 0.197. The Hall–Kier alpha value is -2.22. The van der Waals surface area contributed by atoms with Crippen molar-refractivity contribution in [2.24, 2.45) is 11.8 Å². The number of nitrogens with zero attached hydrogens (tertiary/aromatic N) is 1. The van der Waals surface area contributed by atoms with Crippen molar-refractivity contribution in [1.82, 2.24) is 5.32 Å². The Balaban J connectivity index is 1.67. The highest BCUT2D eigenvalue weighted by atomic mass is 16.5. The summed E-state index contributed by atoms with van der Waals surface area (Å²) in [5.41, 5.74) is 3.04. The molecule has 0 amide bonds. The number of Topliss-reactive ketones (excluding diaryl/α,β-unsaturated/α-hetero) is 1.